The van der Waals surface area contributed by atoms with Crippen molar-refractivity contribution in [3.05, 3.63) is 29.8 Å². The number of carbonyl (C=O) groups is 1. The number of nitrogens with one attached hydrogen (secondary N) is 2. The topological polar surface area (TPSA) is 113 Å². The Labute approximate surface area is 92.9 Å². The van der Waals surface area contributed by atoms with E-state index in [4.69, 9.17) is 11.1 Å². The summed E-state index contributed by atoms with van der Waals surface area (Å²) in [7, 11) is -3.35. The predicted molar refractivity (Wildman–Crippen MR) is 58.9 cm³/mol. The van der Waals surface area contributed by atoms with Crippen molar-refractivity contribution in [3.8, 4) is 0 Å². The summed E-state index contributed by atoms with van der Waals surface area (Å²) >= 11 is 0. The number of guanidine groups is 1. The normalized spacial score (nSPS) is 10.8. The van der Waals surface area contributed by atoms with E-state index < -0.39 is 21.7 Å². The molecule has 86 valence electrons. The molecule has 0 aliphatic carbocycles. The molecular formula is C9H11N3O3S. The van der Waals surface area contributed by atoms with Crippen LogP contribution in [-0.4, -0.2) is 26.5 Å². The van der Waals surface area contributed by atoms with E-state index in [1.54, 1.807) is 0 Å². The van der Waals surface area contributed by atoms with Gasteiger partial charge in [0.2, 0.25) is 0 Å². The van der Waals surface area contributed by atoms with Crippen LogP contribution in [0.1, 0.15) is 10.4 Å². The second-order valence-corrected chi connectivity index (χ2v) is 5.18. The van der Waals surface area contributed by atoms with E-state index in [1.807, 2.05) is 0 Å². The first-order valence-electron chi connectivity index (χ1n) is 4.26. The summed E-state index contributed by atoms with van der Waals surface area (Å²) in [4.78, 5) is 11.5. The smallest absolute Gasteiger partial charge is 0.257 e. The number of benzene rings is 1. The van der Waals surface area contributed by atoms with Crippen molar-refractivity contribution in [2.45, 2.75) is 4.90 Å². The third kappa shape index (κ3) is 3.06. The lowest BCUT2D eigenvalue weighted by atomic mass is 10.2. The molecule has 1 aromatic carbocycles. The van der Waals surface area contributed by atoms with Crippen LogP contribution in [0, 0.1) is 5.41 Å². The maximum absolute atomic E-state index is 11.4. The van der Waals surface area contributed by atoms with Crippen LogP contribution >= 0.6 is 0 Å². The van der Waals surface area contributed by atoms with Gasteiger partial charge in [-0.1, -0.05) is 6.07 Å². The van der Waals surface area contributed by atoms with Crippen molar-refractivity contribution >= 4 is 21.7 Å². The number of carbonyl (C=O) groups excluding carboxylic acids is 1. The monoisotopic (exact) mass is 241 g/mol. The lowest BCUT2D eigenvalue weighted by molar-refractivity contribution is 0.0976. The molecule has 6 nitrogen and oxygen atoms in total. The van der Waals surface area contributed by atoms with Gasteiger partial charge in [-0.2, -0.15) is 0 Å². The number of hydrogen-bond acceptors (Lipinski definition) is 4. The molecular weight excluding hydrogens is 230 g/mol. The SMILES string of the molecule is CS(=O)(=O)c1cccc(C(=O)NC(=N)N)c1. The Bertz CT molecular complexity index is 537. The molecule has 0 fully saturated rings. The first-order chi connectivity index (χ1) is 7.30. The van der Waals surface area contributed by atoms with Crippen LogP contribution in [0.15, 0.2) is 29.2 Å². The van der Waals surface area contributed by atoms with Crippen LogP contribution < -0.4 is 11.1 Å². The van der Waals surface area contributed by atoms with E-state index in [0.29, 0.717) is 0 Å². The molecule has 0 atom stereocenters. The molecule has 0 unspecified atom stereocenters. The molecule has 1 rings (SSSR count). The third-order valence-electron chi connectivity index (χ3n) is 1.77. The number of rotatable bonds is 2. The Balaban J connectivity index is 3.09. The average Bonchev–Trinajstić information content (AvgIpc) is 2.15. The van der Waals surface area contributed by atoms with E-state index >= 15 is 0 Å². The highest BCUT2D eigenvalue weighted by Crippen LogP contribution is 2.10. The minimum atomic E-state index is -3.35. The zero-order valence-corrected chi connectivity index (χ0v) is 9.34. The summed E-state index contributed by atoms with van der Waals surface area (Å²) in [6.45, 7) is 0. The fourth-order valence-corrected chi connectivity index (χ4v) is 1.73. The largest absolute Gasteiger partial charge is 0.370 e. The van der Waals surface area contributed by atoms with Crippen LogP contribution in [0.4, 0.5) is 0 Å². The molecule has 16 heavy (non-hydrogen) atoms. The fraction of sp³-hybridized carbons (Fsp3) is 0.111. The van der Waals surface area contributed by atoms with Crippen LogP contribution in [-0.2, 0) is 9.84 Å². The first kappa shape index (κ1) is 12.2. The van der Waals surface area contributed by atoms with Crippen LogP contribution in [0.5, 0.6) is 0 Å². The predicted octanol–water partition coefficient (Wildman–Crippen LogP) is -0.287. The molecule has 0 radical (unpaired) electrons. The lowest BCUT2D eigenvalue weighted by Gasteiger charge is -2.04. The fourth-order valence-electron chi connectivity index (χ4n) is 1.06. The minimum Gasteiger partial charge on any atom is -0.370 e. The maximum Gasteiger partial charge on any atom is 0.257 e. The Morgan fingerprint density at radius 2 is 2.06 bits per heavy atom. The number of nitrogens with two attached hydrogens (primary N) is 1. The number of hydrogen-bond donors (Lipinski definition) is 3. The van der Waals surface area contributed by atoms with E-state index in [0.717, 1.165) is 6.26 Å². The molecule has 0 spiro atoms. The zero-order chi connectivity index (χ0) is 12.3. The van der Waals surface area contributed by atoms with Gasteiger partial charge in [-0.05, 0) is 18.2 Å². The van der Waals surface area contributed by atoms with Gasteiger partial charge < -0.3 is 5.73 Å². The highest BCUT2D eigenvalue weighted by atomic mass is 32.2. The maximum atomic E-state index is 11.4. The molecule has 0 aromatic heterocycles. The van der Waals surface area contributed by atoms with Gasteiger partial charge in [0.15, 0.2) is 15.8 Å². The molecule has 0 aliphatic heterocycles. The molecule has 1 amide bonds. The molecule has 0 heterocycles. The second-order valence-electron chi connectivity index (χ2n) is 3.17. The highest BCUT2D eigenvalue weighted by molar-refractivity contribution is 7.90. The van der Waals surface area contributed by atoms with Gasteiger partial charge in [0.05, 0.1) is 4.90 Å². The Morgan fingerprint density at radius 3 is 2.56 bits per heavy atom. The Hall–Kier alpha value is -1.89. The number of amides is 1. The van der Waals surface area contributed by atoms with Crippen LogP contribution in [0.2, 0.25) is 0 Å². The second kappa shape index (κ2) is 4.31. The molecule has 0 saturated heterocycles. The summed E-state index contributed by atoms with van der Waals surface area (Å²) in [5, 5.41) is 8.94. The van der Waals surface area contributed by atoms with E-state index in [-0.39, 0.29) is 10.5 Å². The van der Waals surface area contributed by atoms with Crippen molar-refractivity contribution in [2.75, 3.05) is 6.26 Å². The molecule has 7 heteroatoms. The summed E-state index contributed by atoms with van der Waals surface area (Å²) in [5.74, 6) is -1.10. The first-order valence-corrected chi connectivity index (χ1v) is 6.15. The molecule has 4 N–H and O–H groups in total. The van der Waals surface area contributed by atoms with Gasteiger partial charge in [0, 0.05) is 11.8 Å². The van der Waals surface area contributed by atoms with Crippen molar-refractivity contribution < 1.29 is 13.2 Å². The van der Waals surface area contributed by atoms with Crippen molar-refractivity contribution in [2.24, 2.45) is 5.73 Å². The lowest BCUT2D eigenvalue weighted by Crippen LogP contribution is -2.35. The van der Waals surface area contributed by atoms with Gasteiger partial charge in [0.1, 0.15) is 0 Å². The van der Waals surface area contributed by atoms with Gasteiger partial charge >= 0.3 is 0 Å². The van der Waals surface area contributed by atoms with Crippen molar-refractivity contribution in [3.63, 3.8) is 0 Å². The van der Waals surface area contributed by atoms with Gasteiger partial charge in [0.25, 0.3) is 5.91 Å². The van der Waals surface area contributed by atoms with Crippen LogP contribution in [0.25, 0.3) is 0 Å². The third-order valence-corrected chi connectivity index (χ3v) is 2.88. The molecule has 0 aliphatic rings. The quantitative estimate of drug-likeness (QED) is 0.488. The van der Waals surface area contributed by atoms with E-state index in [2.05, 4.69) is 5.32 Å². The summed E-state index contributed by atoms with van der Waals surface area (Å²) < 4.78 is 22.5. The highest BCUT2D eigenvalue weighted by Gasteiger charge is 2.11. The van der Waals surface area contributed by atoms with Crippen molar-refractivity contribution in [1.82, 2.24) is 5.32 Å². The van der Waals surface area contributed by atoms with Gasteiger partial charge in [-0.15, -0.1) is 0 Å². The molecule has 0 bridgehead atoms. The molecule has 0 saturated carbocycles. The van der Waals surface area contributed by atoms with Crippen molar-refractivity contribution in [1.29, 1.82) is 5.41 Å². The standard InChI is InChI=1S/C9H11N3O3S/c1-16(14,15)7-4-2-3-6(5-7)8(13)12-9(10)11/h2-5H,1H3,(H4,10,11,12,13). The van der Waals surface area contributed by atoms with Crippen LogP contribution in [0.3, 0.4) is 0 Å². The Morgan fingerprint density at radius 1 is 1.44 bits per heavy atom. The number of sulfone groups is 1. The Kier molecular flexibility index (Phi) is 3.28. The summed E-state index contributed by atoms with van der Waals surface area (Å²) in [5.41, 5.74) is 5.12. The van der Waals surface area contributed by atoms with Gasteiger partial charge in [-0.25, -0.2) is 8.42 Å². The summed E-state index contributed by atoms with van der Waals surface area (Å²) in [6, 6.07) is 5.51. The van der Waals surface area contributed by atoms with E-state index in [1.165, 1.54) is 24.3 Å². The van der Waals surface area contributed by atoms with Gasteiger partial charge in [-0.3, -0.25) is 15.5 Å². The summed E-state index contributed by atoms with van der Waals surface area (Å²) in [6.07, 6.45) is 1.05. The average molecular weight is 241 g/mol. The van der Waals surface area contributed by atoms with E-state index in [9.17, 15) is 13.2 Å². The molecule has 1 aromatic rings. The zero-order valence-electron chi connectivity index (χ0n) is 8.52. The minimum absolute atomic E-state index is 0.0451.